The molecule has 0 aliphatic heterocycles. The first-order valence-corrected chi connectivity index (χ1v) is 5.82. The monoisotopic (exact) mass is 280 g/mol. The molecule has 0 bridgehead atoms. The number of halogens is 1. The Labute approximate surface area is 103 Å². The summed E-state index contributed by atoms with van der Waals surface area (Å²) in [6, 6.07) is 7.82. The van der Waals surface area contributed by atoms with Gasteiger partial charge in [-0.05, 0) is 38.1 Å². The Morgan fingerprint density at radius 2 is 1.94 bits per heavy atom. The van der Waals surface area contributed by atoms with Crippen LogP contribution >= 0.6 is 15.9 Å². The third-order valence-corrected chi connectivity index (χ3v) is 2.96. The molecule has 0 aliphatic rings. The average molecular weight is 281 g/mol. The Morgan fingerprint density at radius 1 is 1.31 bits per heavy atom. The van der Waals surface area contributed by atoms with Gasteiger partial charge < -0.3 is 5.73 Å². The number of nitrogens with zero attached hydrogens (tertiary/aromatic N) is 3. The summed E-state index contributed by atoms with van der Waals surface area (Å²) in [5.74, 6) is 0. The van der Waals surface area contributed by atoms with Gasteiger partial charge in [-0.3, -0.25) is 0 Å². The standard InChI is InChI=1S/C11H13BrN4/c1-7(13)11-8(2)16(15-14-11)10-5-3-9(12)4-6-10/h3-7H,13H2,1-2H3. The Bertz CT molecular complexity index is 487. The zero-order valence-corrected chi connectivity index (χ0v) is 10.8. The molecule has 0 spiro atoms. The minimum absolute atomic E-state index is 0.0933. The molecule has 0 radical (unpaired) electrons. The van der Waals surface area contributed by atoms with Gasteiger partial charge in [0.15, 0.2) is 0 Å². The SMILES string of the molecule is Cc1c(C(C)N)nnn1-c1ccc(Br)cc1. The van der Waals surface area contributed by atoms with Crippen molar-refractivity contribution in [2.24, 2.45) is 5.73 Å². The Morgan fingerprint density at radius 3 is 2.44 bits per heavy atom. The molecular formula is C11H13BrN4. The Hall–Kier alpha value is -1.20. The van der Waals surface area contributed by atoms with E-state index in [1.807, 2.05) is 38.1 Å². The molecule has 4 nitrogen and oxygen atoms in total. The largest absolute Gasteiger partial charge is 0.323 e. The number of aromatic nitrogens is 3. The van der Waals surface area contributed by atoms with Crippen LogP contribution < -0.4 is 5.73 Å². The molecule has 1 heterocycles. The van der Waals surface area contributed by atoms with Gasteiger partial charge in [0.2, 0.25) is 0 Å². The molecule has 0 saturated heterocycles. The van der Waals surface area contributed by atoms with E-state index < -0.39 is 0 Å². The van der Waals surface area contributed by atoms with E-state index in [-0.39, 0.29) is 6.04 Å². The zero-order chi connectivity index (χ0) is 11.7. The summed E-state index contributed by atoms with van der Waals surface area (Å²) in [6.45, 7) is 3.88. The van der Waals surface area contributed by atoms with E-state index in [0.29, 0.717) is 0 Å². The molecular weight excluding hydrogens is 268 g/mol. The first kappa shape index (κ1) is 11.3. The minimum atomic E-state index is -0.0933. The number of nitrogens with two attached hydrogens (primary N) is 1. The van der Waals surface area contributed by atoms with Crippen LogP contribution in [0.5, 0.6) is 0 Å². The lowest BCUT2D eigenvalue weighted by molar-refractivity contribution is 0.756. The lowest BCUT2D eigenvalue weighted by Crippen LogP contribution is -2.07. The first-order chi connectivity index (χ1) is 7.59. The molecule has 1 aromatic heterocycles. The zero-order valence-electron chi connectivity index (χ0n) is 9.18. The highest BCUT2D eigenvalue weighted by molar-refractivity contribution is 9.10. The topological polar surface area (TPSA) is 56.7 Å². The third kappa shape index (κ3) is 2.01. The molecule has 0 aliphatic carbocycles. The van der Waals surface area contributed by atoms with Crippen LogP contribution in [0.15, 0.2) is 28.7 Å². The van der Waals surface area contributed by atoms with Crippen LogP contribution in [-0.4, -0.2) is 15.0 Å². The summed E-state index contributed by atoms with van der Waals surface area (Å²) < 4.78 is 2.84. The van der Waals surface area contributed by atoms with Gasteiger partial charge in [0.05, 0.1) is 11.4 Å². The molecule has 1 atom stereocenters. The number of hydrogen-bond donors (Lipinski definition) is 1. The summed E-state index contributed by atoms with van der Waals surface area (Å²) in [5.41, 5.74) is 8.61. The van der Waals surface area contributed by atoms with Crippen LogP contribution in [0.2, 0.25) is 0 Å². The summed E-state index contributed by atoms with van der Waals surface area (Å²) >= 11 is 3.40. The molecule has 0 saturated carbocycles. The van der Waals surface area contributed by atoms with Crippen molar-refractivity contribution < 1.29 is 0 Å². The predicted molar refractivity (Wildman–Crippen MR) is 66.4 cm³/mol. The molecule has 1 unspecified atom stereocenters. The molecule has 5 heteroatoms. The van der Waals surface area contributed by atoms with Gasteiger partial charge in [0.1, 0.15) is 5.69 Å². The van der Waals surface area contributed by atoms with Crippen molar-refractivity contribution in [3.8, 4) is 5.69 Å². The van der Waals surface area contributed by atoms with Crippen molar-refractivity contribution in [1.29, 1.82) is 0 Å². The van der Waals surface area contributed by atoms with Crippen molar-refractivity contribution in [2.45, 2.75) is 19.9 Å². The number of rotatable bonds is 2. The van der Waals surface area contributed by atoms with Crippen LogP contribution in [0.1, 0.15) is 24.4 Å². The predicted octanol–water partition coefficient (Wildman–Crippen LogP) is 2.36. The lowest BCUT2D eigenvalue weighted by atomic mass is 10.2. The smallest absolute Gasteiger partial charge is 0.102 e. The van der Waals surface area contributed by atoms with Crippen molar-refractivity contribution in [2.75, 3.05) is 0 Å². The summed E-state index contributed by atoms with van der Waals surface area (Å²) in [4.78, 5) is 0. The Balaban J connectivity index is 2.45. The number of hydrogen-bond acceptors (Lipinski definition) is 3. The van der Waals surface area contributed by atoms with E-state index in [2.05, 4.69) is 26.2 Å². The second kappa shape index (κ2) is 4.35. The fraction of sp³-hybridized carbons (Fsp3) is 0.273. The van der Waals surface area contributed by atoms with E-state index in [1.165, 1.54) is 0 Å². The second-order valence-electron chi connectivity index (χ2n) is 3.74. The average Bonchev–Trinajstić information content (AvgIpc) is 2.61. The molecule has 1 aromatic carbocycles. The van der Waals surface area contributed by atoms with Gasteiger partial charge in [-0.2, -0.15) is 0 Å². The Kier molecular flexibility index (Phi) is 3.07. The van der Waals surface area contributed by atoms with Gasteiger partial charge >= 0.3 is 0 Å². The van der Waals surface area contributed by atoms with Gasteiger partial charge in [-0.25, -0.2) is 4.68 Å². The van der Waals surface area contributed by atoms with E-state index in [1.54, 1.807) is 4.68 Å². The molecule has 0 amide bonds. The van der Waals surface area contributed by atoms with Crippen molar-refractivity contribution >= 4 is 15.9 Å². The molecule has 2 N–H and O–H groups in total. The fourth-order valence-electron chi connectivity index (χ4n) is 1.59. The molecule has 16 heavy (non-hydrogen) atoms. The van der Waals surface area contributed by atoms with Crippen molar-refractivity contribution in [1.82, 2.24) is 15.0 Å². The maximum absolute atomic E-state index is 5.81. The molecule has 2 aromatic rings. The molecule has 2 rings (SSSR count). The van der Waals surface area contributed by atoms with Crippen molar-refractivity contribution in [3.63, 3.8) is 0 Å². The van der Waals surface area contributed by atoms with Crippen LogP contribution in [0.4, 0.5) is 0 Å². The quantitative estimate of drug-likeness (QED) is 0.919. The summed E-state index contributed by atoms with van der Waals surface area (Å²) in [5, 5.41) is 8.20. The highest BCUT2D eigenvalue weighted by Gasteiger charge is 2.12. The van der Waals surface area contributed by atoms with Crippen LogP contribution in [0.25, 0.3) is 5.69 Å². The number of benzene rings is 1. The minimum Gasteiger partial charge on any atom is -0.323 e. The first-order valence-electron chi connectivity index (χ1n) is 5.03. The van der Waals surface area contributed by atoms with Crippen molar-refractivity contribution in [3.05, 3.63) is 40.1 Å². The van der Waals surface area contributed by atoms with Gasteiger partial charge in [0.25, 0.3) is 0 Å². The highest BCUT2D eigenvalue weighted by atomic mass is 79.9. The van der Waals surface area contributed by atoms with Gasteiger partial charge in [-0.1, -0.05) is 21.1 Å². The third-order valence-electron chi connectivity index (χ3n) is 2.43. The normalized spacial score (nSPS) is 12.8. The van der Waals surface area contributed by atoms with Crippen LogP contribution in [-0.2, 0) is 0 Å². The van der Waals surface area contributed by atoms with Gasteiger partial charge in [0, 0.05) is 10.5 Å². The highest BCUT2D eigenvalue weighted by Crippen LogP contribution is 2.18. The van der Waals surface area contributed by atoms with E-state index >= 15 is 0 Å². The maximum atomic E-state index is 5.81. The summed E-state index contributed by atoms with van der Waals surface area (Å²) in [6.07, 6.45) is 0. The van der Waals surface area contributed by atoms with E-state index in [9.17, 15) is 0 Å². The summed E-state index contributed by atoms with van der Waals surface area (Å²) in [7, 11) is 0. The molecule has 0 fully saturated rings. The maximum Gasteiger partial charge on any atom is 0.102 e. The molecule has 84 valence electrons. The van der Waals surface area contributed by atoms with E-state index in [4.69, 9.17) is 5.73 Å². The van der Waals surface area contributed by atoms with Crippen LogP contribution in [0, 0.1) is 6.92 Å². The fourth-order valence-corrected chi connectivity index (χ4v) is 1.85. The van der Waals surface area contributed by atoms with Crippen LogP contribution in [0.3, 0.4) is 0 Å². The van der Waals surface area contributed by atoms with E-state index in [0.717, 1.165) is 21.5 Å². The van der Waals surface area contributed by atoms with Gasteiger partial charge in [-0.15, -0.1) is 5.10 Å². The lowest BCUT2D eigenvalue weighted by Gasteiger charge is -2.05. The second-order valence-corrected chi connectivity index (χ2v) is 4.65.